The second kappa shape index (κ2) is 5.36. The molecule has 1 amide bonds. The number of hydrogen-bond acceptors (Lipinski definition) is 2. The van der Waals surface area contributed by atoms with E-state index in [-0.39, 0.29) is 17.8 Å². The van der Waals surface area contributed by atoms with Crippen molar-refractivity contribution in [1.29, 1.82) is 0 Å². The van der Waals surface area contributed by atoms with Gasteiger partial charge < -0.3 is 15.2 Å². The minimum Gasteiger partial charge on any atom is -0.397 e. The van der Waals surface area contributed by atoms with Crippen molar-refractivity contribution in [3.63, 3.8) is 0 Å². The number of hydrogen-bond donors (Lipinski definition) is 1. The van der Waals surface area contributed by atoms with Crippen LogP contribution in [0.5, 0.6) is 0 Å². The predicted octanol–water partition coefficient (Wildman–Crippen LogP) is 2.58. The Labute approximate surface area is 117 Å². The Morgan fingerprint density at radius 2 is 1.95 bits per heavy atom. The summed E-state index contributed by atoms with van der Waals surface area (Å²) in [6.45, 7) is 1.90. The van der Waals surface area contributed by atoms with Gasteiger partial charge >= 0.3 is 0 Å². The van der Waals surface area contributed by atoms with Crippen LogP contribution in [0, 0.1) is 5.82 Å². The van der Waals surface area contributed by atoms with Crippen LogP contribution in [-0.2, 0) is 7.05 Å². The highest BCUT2D eigenvalue weighted by molar-refractivity contribution is 5.93. The van der Waals surface area contributed by atoms with Crippen LogP contribution in [-0.4, -0.2) is 22.4 Å². The van der Waals surface area contributed by atoms with Gasteiger partial charge in [-0.05, 0) is 30.7 Å². The van der Waals surface area contributed by atoms with Crippen molar-refractivity contribution in [2.75, 3.05) is 12.8 Å². The molecule has 0 aliphatic heterocycles. The SMILES string of the molecule is CC(c1ccc(F)cc1)N(C)C(=O)c1cc(N)cn1C. The monoisotopic (exact) mass is 275 g/mol. The first-order valence-electron chi connectivity index (χ1n) is 6.34. The van der Waals surface area contributed by atoms with Crippen LogP contribution in [0.25, 0.3) is 0 Å². The molecule has 1 heterocycles. The van der Waals surface area contributed by atoms with Gasteiger partial charge in [0.25, 0.3) is 5.91 Å². The lowest BCUT2D eigenvalue weighted by Crippen LogP contribution is -2.30. The van der Waals surface area contributed by atoms with E-state index in [4.69, 9.17) is 5.73 Å². The van der Waals surface area contributed by atoms with Gasteiger partial charge in [0.2, 0.25) is 0 Å². The molecule has 106 valence electrons. The largest absolute Gasteiger partial charge is 0.397 e. The molecule has 0 aliphatic carbocycles. The summed E-state index contributed by atoms with van der Waals surface area (Å²) < 4.78 is 14.6. The summed E-state index contributed by atoms with van der Waals surface area (Å²) in [6, 6.07) is 7.65. The molecule has 0 aliphatic rings. The number of benzene rings is 1. The molecule has 1 aromatic heterocycles. The maximum atomic E-state index is 12.9. The number of nitrogen functional groups attached to an aromatic ring is 1. The highest BCUT2D eigenvalue weighted by atomic mass is 19.1. The van der Waals surface area contributed by atoms with Crippen molar-refractivity contribution in [3.05, 3.63) is 53.6 Å². The Hall–Kier alpha value is -2.30. The summed E-state index contributed by atoms with van der Waals surface area (Å²) in [7, 11) is 3.50. The minimum absolute atomic E-state index is 0.124. The molecular weight excluding hydrogens is 257 g/mol. The highest BCUT2D eigenvalue weighted by Gasteiger charge is 2.21. The van der Waals surface area contributed by atoms with Gasteiger partial charge in [-0.1, -0.05) is 12.1 Å². The number of carbonyl (C=O) groups excluding carboxylic acids is 1. The van der Waals surface area contributed by atoms with Crippen LogP contribution in [0.1, 0.15) is 29.0 Å². The number of halogens is 1. The summed E-state index contributed by atoms with van der Waals surface area (Å²) >= 11 is 0. The van der Waals surface area contributed by atoms with Crippen LogP contribution in [0.4, 0.5) is 10.1 Å². The average molecular weight is 275 g/mol. The van der Waals surface area contributed by atoms with Crippen molar-refractivity contribution in [1.82, 2.24) is 9.47 Å². The second-order valence-electron chi connectivity index (χ2n) is 4.91. The number of nitrogens with zero attached hydrogens (tertiary/aromatic N) is 2. The smallest absolute Gasteiger partial charge is 0.270 e. The Kier molecular flexibility index (Phi) is 3.79. The fourth-order valence-electron chi connectivity index (χ4n) is 2.12. The molecule has 0 bridgehead atoms. The van der Waals surface area contributed by atoms with Gasteiger partial charge in [0.15, 0.2) is 0 Å². The first-order chi connectivity index (χ1) is 9.40. The fourth-order valence-corrected chi connectivity index (χ4v) is 2.12. The van der Waals surface area contributed by atoms with Gasteiger partial charge in [0, 0.05) is 20.3 Å². The number of anilines is 1. The fraction of sp³-hybridized carbons (Fsp3) is 0.267. The lowest BCUT2D eigenvalue weighted by atomic mass is 10.1. The minimum atomic E-state index is -0.287. The first kappa shape index (κ1) is 14.1. The Bertz CT molecular complexity index is 619. The van der Waals surface area contributed by atoms with E-state index < -0.39 is 0 Å². The second-order valence-corrected chi connectivity index (χ2v) is 4.91. The number of carbonyl (C=O) groups is 1. The number of amides is 1. The molecular formula is C15H18FN3O. The molecule has 5 heteroatoms. The van der Waals surface area contributed by atoms with E-state index in [2.05, 4.69) is 0 Å². The molecule has 2 N–H and O–H groups in total. The van der Waals surface area contributed by atoms with Crippen molar-refractivity contribution in [3.8, 4) is 0 Å². The molecule has 0 spiro atoms. The molecule has 2 rings (SSSR count). The summed E-state index contributed by atoms with van der Waals surface area (Å²) in [5.41, 5.74) is 7.65. The molecule has 0 saturated heterocycles. The number of aryl methyl sites for hydroxylation is 1. The molecule has 0 radical (unpaired) electrons. The number of aromatic nitrogens is 1. The van der Waals surface area contributed by atoms with E-state index in [1.165, 1.54) is 12.1 Å². The highest BCUT2D eigenvalue weighted by Crippen LogP contribution is 2.22. The van der Waals surface area contributed by atoms with Crippen molar-refractivity contribution in [2.45, 2.75) is 13.0 Å². The van der Waals surface area contributed by atoms with E-state index >= 15 is 0 Å². The molecule has 0 saturated carbocycles. The Morgan fingerprint density at radius 3 is 2.45 bits per heavy atom. The standard InChI is InChI=1S/C15H18FN3O/c1-10(11-4-6-12(16)7-5-11)19(3)15(20)14-8-13(17)9-18(14)2/h4-10H,17H2,1-3H3. The zero-order valence-electron chi connectivity index (χ0n) is 11.8. The predicted molar refractivity (Wildman–Crippen MR) is 76.7 cm³/mol. The zero-order valence-corrected chi connectivity index (χ0v) is 11.8. The summed E-state index contributed by atoms with van der Waals surface area (Å²) in [5.74, 6) is -0.411. The van der Waals surface area contributed by atoms with E-state index in [0.29, 0.717) is 11.4 Å². The quantitative estimate of drug-likeness (QED) is 0.936. The van der Waals surface area contributed by atoms with Gasteiger partial charge in [-0.3, -0.25) is 4.79 Å². The maximum Gasteiger partial charge on any atom is 0.270 e. The molecule has 2 aromatic rings. The Morgan fingerprint density at radius 1 is 1.35 bits per heavy atom. The van der Waals surface area contributed by atoms with Crippen molar-refractivity contribution < 1.29 is 9.18 Å². The lowest BCUT2D eigenvalue weighted by molar-refractivity contribution is 0.0733. The van der Waals surface area contributed by atoms with Gasteiger partial charge in [-0.25, -0.2) is 4.39 Å². The topological polar surface area (TPSA) is 51.3 Å². The van der Waals surface area contributed by atoms with Crippen LogP contribution in [0.2, 0.25) is 0 Å². The first-order valence-corrected chi connectivity index (χ1v) is 6.34. The molecule has 1 atom stereocenters. The molecule has 1 aromatic carbocycles. The molecule has 4 nitrogen and oxygen atoms in total. The van der Waals surface area contributed by atoms with Gasteiger partial charge in [0.05, 0.1) is 11.7 Å². The maximum absolute atomic E-state index is 12.9. The van der Waals surface area contributed by atoms with Crippen LogP contribution >= 0.6 is 0 Å². The van der Waals surface area contributed by atoms with Crippen molar-refractivity contribution in [2.24, 2.45) is 7.05 Å². The van der Waals surface area contributed by atoms with Crippen LogP contribution in [0.3, 0.4) is 0 Å². The van der Waals surface area contributed by atoms with Crippen molar-refractivity contribution >= 4 is 11.6 Å². The summed E-state index contributed by atoms with van der Waals surface area (Å²) in [6.07, 6.45) is 1.70. The van der Waals surface area contributed by atoms with Gasteiger partial charge in [-0.15, -0.1) is 0 Å². The van der Waals surface area contributed by atoms with E-state index in [9.17, 15) is 9.18 Å². The lowest BCUT2D eigenvalue weighted by Gasteiger charge is -2.25. The Balaban J connectivity index is 2.22. The number of rotatable bonds is 3. The van der Waals surface area contributed by atoms with E-state index in [1.54, 1.807) is 48.0 Å². The van der Waals surface area contributed by atoms with Crippen LogP contribution in [0.15, 0.2) is 36.5 Å². The van der Waals surface area contributed by atoms with E-state index in [0.717, 1.165) is 5.56 Å². The molecule has 1 unspecified atom stereocenters. The molecule has 20 heavy (non-hydrogen) atoms. The molecule has 0 fully saturated rings. The van der Waals surface area contributed by atoms with Crippen LogP contribution < -0.4 is 5.73 Å². The summed E-state index contributed by atoms with van der Waals surface area (Å²) in [4.78, 5) is 14.0. The van der Waals surface area contributed by atoms with Gasteiger partial charge in [-0.2, -0.15) is 0 Å². The third-order valence-electron chi connectivity index (χ3n) is 3.50. The van der Waals surface area contributed by atoms with E-state index in [1.807, 2.05) is 6.92 Å². The third kappa shape index (κ3) is 2.66. The van der Waals surface area contributed by atoms with Gasteiger partial charge in [0.1, 0.15) is 11.5 Å². The average Bonchev–Trinajstić information content (AvgIpc) is 2.76. The zero-order chi connectivity index (χ0) is 14.9. The normalized spacial score (nSPS) is 12.2. The number of nitrogens with two attached hydrogens (primary N) is 1. The third-order valence-corrected chi connectivity index (χ3v) is 3.50. The summed E-state index contributed by atoms with van der Waals surface area (Å²) in [5, 5.41) is 0.